The Morgan fingerprint density at radius 1 is 1.15 bits per heavy atom. The molecule has 1 saturated heterocycles. The highest BCUT2D eigenvalue weighted by Gasteiger charge is 2.32. The number of amides is 2. The fraction of sp³-hybridized carbons (Fsp3) is 0.200. The van der Waals surface area contributed by atoms with Crippen LogP contribution in [0.25, 0.3) is 10.4 Å². The van der Waals surface area contributed by atoms with E-state index in [1.54, 1.807) is 11.3 Å². The second-order valence-corrected chi connectivity index (χ2v) is 8.11. The lowest BCUT2D eigenvalue weighted by Crippen LogP contribution is -2.34. The molecule has 6 heteroatoms. The third kappa shape index (κ3) is 3.52. The van der Waals surface area contributed by atoms with E-state index in [1.807, 2.05) is 53.6 Å². The first-order chi connectivity index (χ1) is 12.7. The maximum absolute atomic E-state index is 12.8. The van der Waals surface area contributed by atoms with Crippen LogP contribution < -0.4 is 5.32 Å². The van der Waals surface area contributed by atoms with E-state index in [0.29, 0.717) is 0 Å². The number of aromatic nitrogens is 1. The predicted molar refractivity (Wildman–Crippen MR) is 109 cm³/mol. The van der Waals surface area contributed by atoms with Gasteiger partial charge in [-0.25, -0.2) is 9.78 Å². The number of halogens is 1. The maximum Gasteiger partial charge on any atom is 0.322 e. The van der Waals surface area contributed by atoms with E-state index in [0.717, 1.165) is 39.4 Å². The minimum atomic E-state index is -0.0733. The minimum Gasteiger partial charge on any atom is -0.315 e. The van der Waals surface area contributed by atoms with Gasteiger partial charge in [-0.1, -0.05) is 42.5 Å². The summed E-state index contributed by atoms with van der Waals surface area (Å²) in [5.41, 5.74) is 1.95. The molecule has 1 aliphatic rings. The van der Waals surface area contributed by atoms with Gasteiger partial charge in [-0.05, 0) is 46.5 Å². The number of hydrogen-bond acceptors (Lipinski definition) is 3. The summed E-state index contributed by atoms with van der Waals surface area (Å²) in [6, 6.07) is 17.9. The Kier molecular flexibility index (Phi) is 5.04. The van der Waals surface area contributed by atoms with E-state index in [2.05, 4.69) is 38.4 Å². The van der Waals surface area contributed by atoms with Crippen molar-refractivity contribution in [2.45, 2.75) is 18.9 Å². The molecule has 0 radical (unpaired) electrons. The quantitative estimate of drug-likeness (QED) is 0.561. The molecule has 1 aromatic heterocycles. The lowest BCUT2D eigenvalue weighted by Gasteiger charge is -2.23. The molecule has 2 amide bonds. The Morgan fingerprint density at radius 3 is 2.73 bits per heavy atom. The summed E-state index contributed by atoms with van der Waals surface area (Å²) in [7, 11) is 0. The molecule has 0 bridgehead atoms. The fourth-order valence-electron chi connectivity index (χ4n) is 3.19. The van der Waals surface area contributed by atoms with Gasteiger partial charge >= 0.3 is 6.03 Å². The number of thiazole rings is 1. The highest BCUT2D eigenvalue weighted by molar-refractivity contribution is 9.10. The molecule has 0 aliphatic carbocycles. The standard InChI is InChI=1S/C20H18BrN3OS/c21-15-9-4-5-10-16(15)23-20(25)24-12-6-11-17(24)19-22-13-18(26-19)14-7-2-1-3-8-14/h1-5,7-10,13,17H,6,11-12H2,(H,23,25). The van der Waals surface area contributed by atoms with E-state index >= 15 is 0 Å². The van der Waals surface area contributed by atoms with Gasteiger partial charge in [0.25, 0.3) is 0 Å². The van der Waals surface area contributed by atoms with Crippen molar-refractivity contribution in [2.75, 3.05) is 11.9 Å². The zero-order chi connectivity index (χ0) is 17.9. The number of carbonyl (C=O) groups is 1. The van der Waals surface area contributed by atoms with Crippen molar-refractivity contribution < 1.29 is 4.79 Å². The van der Waals surface area contributed by atoms with E-state index in [9.17, 15) is 4.79 Å². The van der Waals surface area contributed by atoms with Crippen LogP contribution in [0.4, 0.5) is 10.5 Å². The molecule has 3 aromatic rings. The molecule has 0 saturated carbocycles. The summed E-state index contributed by atoms with van der Waals surface area (Å²) in [4.78, 5) is 20.5. The van der Waals surface area contributed by atoms with E-state index < -0.39 is 0 Å². The molecule has 1 atom stereocenters. The second kappa shape index (κ2) is 7.60. The van der Waals surface area contributed by atoms with E-state index in [-0.39, 0.29) is 12.1 Å². The largest absolute Gasteiger partial charge is 0.322 e. The van der Waals surface area contributed by atoms with Crippen molar-refractivity contribution in [3.8, 4) is 10.4 Å². The van der Waals surface area contributed by atoms with Crippen LogP contribution >= 0.6 is 27.3 Å². The zero-order valence-electron chi connectivity index (χ0n) is 14.1. The molecule has 1 fully saturated rings. The number of nitrogens with zero attached hydrogens (tertiary/aromatic N) is 2. The number of rotatable bonds is 3. The van der Waals surface area contributed by atoms with Crippen molar-refractivity contribution in [2.24, 2.45) is 0 Å². The lowest BCUT2D eigenvalue weighted by atomic mass is 10.2. The SMILES string of the molecule is O=C(Nc1ccccc1Br)N1CCCC1c1ncc(-c2ccccc2)s1. The van der Waals surface area contributed by atoms with Gasteiger partial charge in [-0.3, -0.25) is 0 Å². The van der Waals surface area contributed by atoms with E-state index in [1.165, 1.54) is 5.56 Å². The van der Waals surface area contributed by atoms with Gasteiger partial charge in [0.15, 0.2) is 0 Å². The fourth-order valence-corrected chi connectivity index (χ4v) is 4.65. The lowest BCUT2D eigenvalue weighted by molar-refractivity contribution is 0.207. The molecular weight excluding hydrogens is 410 g/mol. The van der Waals surface area contributed by atoms with Gasteiger partial charge in [0.05, 0.1) is 16.6 Å². The first-order valence-electron chi connectivity index (χ1n) is 8.55. The van der Waals surface area contributed by atoms with Crippen molar-refractivity contribution >= 4 is 39.0 Å². The topological polar surface area (TPSA) is 45.2 Å². The number of nitrogens with one attached hydrogen (secondary N) is 1. The molecule has 2 aromatic carbocycles. The summed E-state index contributed by atoms with van der Waals surface area (Å²) < 4.78 is 0.879. The number of urea groups is 1. The molecule has 1 N–H and O–H groups in total. The molecule has 26 heavy (non-hydrogen) atoms. The number of carbonyl (C=O) groups excluding carboxylic acids is 1. The van der Waals surface area contributed by atoms with Crippen LogP contribution in [-0.4, -0.2) is 22.5 Å². The minimum absolute atomic E-state index is 0.0416. The molecule has 1 unspecified atom stereocenters. The first kappa shape index (κ1) is 17.2. The summed E-state index contributed by atoms with van der Waals surface area (Å²) in [6.45, 7) is 0.751. The van der Waals surface area contributed by atoms with Gasteiger partial charge in [0.2, 0.25) is 0 Å². The number of benzene rings is 2. The number of likely N-dealkylation sites (tertiary alicyclic amines) is 1. The molecule has 1 aliphatic heterocycles. The molecule has 0 spiro atoms. The van der Waals surface area contributed by atoms with Crippen molar-refractivity contribution in [3.63, 3.8) is 0 Å². The Labute approximate surface area is 165 Å². The summed E-state index contributed by atoms with van der Waals surface area (Å²) in [5, 5.41) is 4.01. The molecule has 2 heterocycles. The van der Waals surface area contributed by atoms with Crippen LogP contribution in [0, 0.1) is 0 Å². The van der Waals surface area contributed by atoms with Crippen LogP contribution in [0.1, 0.15) is 23.9 Å². The molecule has 132 valence electrons. The van der Waals surface area contributed by atoms with Crippen LogP contribution in [0.3, 0.4) is 0 Å². The van der Waals surface area contributed by atoms with Crippen LogP contribution in [0.15, 0.2) is 65.3 Å². The average molecular weight is 428 g/mol. The third-order valence-corrected chi connectivity index (χ3v) is 6.34. The zero-order valence-corrected chi connectivity index (χ0v) is 16.5. The monoisotopic (exact) mass is 427 g/mol. The van der Waals surface area contributed by atoms with Crippen molar-refractivity contribution in [3.05, 3.63) is 70.3 Å². The number of para-hydroxylation sites is 1. The Morgan fingerprint density at radius 2 is 1.92 bits per heavy atom. The Bertz CT molecular complexity index is 912. The molecule has 4 nitrogen and oxygen atoms in total. The van der Waals surface area contributed by atoms with Gasteiger partial charge < -0.3 is 10.2 Å². The Hall–Kier alpha value is -2.18. The smallest absolute Gasteiger partial charge is 0.315 e. The first-order valence-corrected chi connectivity index (χ1v) is 10.2. The Balaban J connectivity index is 1.53. The van der Waals surface area contributed by atoms with Crippen LogP contribution in [-0.2, 0) is 0 Å². The third-order valence-electron chi connectivity index (χ3n) is 4.50. The van der Waals surface area contributed by atoms with Crippen LogP contribution in [0.5, 0.6) is 0 Å². The summed E-state index contributed by atoms with van der Waals surface area (Å²) in [6.07, 6.45) is 3.86. The highest BCUT2D eigenvalue weighted by Crippen LogP contribution is 2.37. The van der Waals surface area contributed by atoms with Gasteiger partial charge in [-0.2, -0.15) is 0 Å². The van der Waals surface area contributed by atoms with Crippen molar-refractivity contribution in [1.82, 2.24) is 9.88 Å². The second-order valence-electron chi connectivity index (χ2n) is 6.19. The summed E-state index contributed by atoms with van der Waals surface area (Å²) in [5.74, 6) is 0. The van der Waals surface area contributed by atoms with Crippen molar-refractivity contribution in [1.29, 1.82) is 0 Å². The van der Waals surface area contributed by atoms with Gasteiger partial charge in [0.1, 0.15) is 5.01 Å². The molecule has 4 rings (SSSR count). The average Bonchev–Trinajstić information content (AvgIpc) is 3.33. The van der Waals surface area contributed by atoms with Gasteiger partial charge in [-0.15, -0.1) is 11.3 Å². The number of hydrogen-bond donors (Lipinski definition) is 1. The summed E-state index contributed by atoms with van der Waals surface area (Å²) >= 11 is 5.15. The number of anilines is 1. The maximum atomic E-state index is 12.8. The highest BCUT2D eigenvalue weighted by atomic mass is 79.9. The van der Waals surface area contributed by atoms with Gasteiger partial charge in [0, 0.05) is 17.2 Å². The normalized spacial score (nSPS) is 16.7. The predicted octanol–water partition coefficient (Wildman–Crippen LogP) is 5.94. The molecular formula is C20H18BrN3OS. The van der Waals surface area contributed by atoms with E-state index in [4.69, 9.17) is 0 Å². The van der Waals surface area contributed by atoms with Crippen LogP contribution in [0.2, 0.25) is 0 Å².